The van der Waals surface area contributed by atoms with E-state index in [0.717, 1.165) is 28.1 Å². The smallest absolute Gasteiger partial charge is 0.231 e. The largest absolute Gasteiger partial charge is 0.454 e. The van der Waals surface area contributed by atoms with Crippen LogP contribution in [0.25, 0.3) is 10.8 Å². The molecular formula is C16H20N2O3. The van der Waals surface area contributed by atoms with Crippen LogP contribution in [-0.4, -0.2) is 29.5 Å². The van der Waals surface area contributed by atoms with Crippen molar-refractivity contribution in [2.45, 2.75) is 26.3 Å². The van der Waals surface area contributed by atoms with Gasteiger partial charge in [-0.25, -0.2) is 4.98 Å². The molecule has 21 heavy (non-hydrogen) atoms. The van der Waals surface area contributed by atoms with E-state index in [9.17, 15) is 5.11 Å². The van der Waals surface area contributed by atoms with Gasteiger partial charge in [0.15, 0.2) is 11.5 Å². The number of benzene rings is 1. The van der Waals surface area contributed by atoms with E-state index in [4.69, 9.17) is 9.47 Å². The number of fused-ring (bicyclic) bond motifs is 2. The van der Waals surface area contributed by atoms with Crippen molar-refractivity contribution in [3.05, 3.63) is 24.4 Å². The van der Waals surface area contributed by atoms with Gasteiger partial charge in [-0.05, 0) is 35.9 Å². The molecule has 3 rings (SSSR count). The van der Waals surface area contributed by atoms with E-state index >= 15 is 0 Å². The Morgan fingerprint density at radius 2 is 2.05 bits per heavy atom. The number of hydrogen-bond acceptors (Lipinski definition) is 5. The highest BCUT2D eigenvalue weighted by atomic mass is 16.7. The molecule has 1 aromatic carbocycles. The fourth-order valence-corrected chi connectivity index (χ4v) is 2.56. The van der Waals surface area contributed by atoms with Crippen molar-refractivity contribution >= 4 is 16.6 Å². The van der Waals surface area contributed by atoms with E-state index < -0.39 is 0 Å². The summed E-state index contributed by atoms with van der Waals surface area (Å²) < 4.78 is 10.9. The predicted octanol–water partition coefficient (Wildman–Crippen LogP) is 2.78. The van der Waals surface area contributed by atoms with E-state index in [0.29, 0.717) is 12.3 Å². The molecular weight excluding hydrogens is 268 g/mol. The first-order valence-electron chi connectivity index (χ1n) is 7.25. The topological polar surface area (TPSA) is 63.6 Å². The third-order valence-electron chi connectivity index (χ3n) is 3.82. The first kappa shape index (κ1) is 13.9. The Morgan fingerprint density at radius 1 is 1.29 bits per heavy atom. The lowest BCUT2D eigenvalue weighted by Crippen LogP contribution is -2.27. The summed E-state index contributed by atoms with van der Waals surface area (Å²) in [6.45, 7) is 4.69. The Labute approximate surface area is 123 Å². The molecule has 0 saturated heterocycles. The number of hydrogen-bond donors (Lipinski definition) is 2. The molecule has 0 amide bonds. The third kappa shape index (κ3) is 2.74. The van der Waals surface area contributed by atoms with Gasteiger partial charge in [-0.15, -0.1) is 0 Å². The molecule has 0 saturated carbocycles. The van der Waals surface area contributed by atoms with Gasteiger partial charge in [-0.1, -0.05) is 13.8 Å². The van der Waals surface area contributed by atoms with Gasteiger partial charge in [-0.3, -0.25) is 0 Å². The molecule has 1 aromatic heterocycles. The molecule has 1 aliphatic rings. The van der Waals surface area contributed by atoms with E-state index in [1.807, 2.05) is 18.2 Å². The van der Waals surface area contributed by atoms with Crippen molar-refractivity contribution in [3.63, 3.8) is 0 Å². The number of anilines is 1. The van der Waals surface area contributed by atoms with Crippen LogP contribution in [-0.2, 0) is 0 Å². The number of aliphatic hydroxyl groups excluding tert-OH is 1. The number of ether oxygens (including phenoxy) is 2. The fourth-order valence-electron chi connectivity index (χ4n) is 2.56. The lowest BCUT2D eigenvalue weighted by atomic mass is 10.0. The molecule has 5 nitrogen and oxygen atoms in total. The highest BCUT2D eigenvalue weighted by molar-refractivity contribution is 5.94. The van der Waals surface area contributed by atoms with Crippen molar-refractivity contribution in [2.24, 2.45) is 5.92 Å². The Kier molecular flexibility index (Phi) is 3.84. The summed E-state index contributed by atoms with van der Waals surface area (Å²) in [5, 5.41) is 14.7. The van der Waals surface area contributed by atoms with Gasteiger partial charge in [0.05, 0.1) is 0 Å². The maximum atomic E-state index is 9.21. The maximum Gasteiger partial charge on any atom is 0.231 e. The third-order valence-corrected chi connectivity index (χ3v) is 3.82. The van der Waals surface area contributed by atoms with Crippen LogP contribution in [0.1, 0.15) is 20.3 Å². The molecule has 0 spiro atoms. The van der Waals surface area contributed by atoms with Crippen LogP contribution in [0.5, 0.6) is 11.5 Å². The Bertz CT molecular complexity index is 643. The lowest BCUT2D eigenvalue weighted by Gasteiger charge is -2.23. The van der Waals surface area contributed by atoms with E-state index in [1.54, 1.807) is 6.20 Å². The number of rotatable bonds is 5. The van der Waals surface area contributed by atoms with Gasteiger partial charge in [-0.2, -0.15) is 0 Å². The van der Waals surface area contributed by atoms with Gasteiger partial charge < -0.3 is 19.9 Å². The lowest BCUT2D eigenvalue weighted by molar-refractivity contribution is 0.174. The highest BCUT2D eigenvalue weighted by Crippen LogP contribution is 2.38. The summed E-state index contributed by atoms with van der Waals surface area (Å²) in [6, 6.07) is 6.07. The van der Waals surface area contributed by atoms with Crippen molar-refractivity contribution in [3.8, 4) is 11.5 Å². The van der Waals surface area contributed by atoms with Crippen molar-refractivity contribution in [2.75, 3.05) is 18.7 Å². The van der Waals surface area contributed by atoms with Gasteiger partial charge in [0.1, 0.15) is 5.82 Å². The van der Waals surface area contributed by atoms with Crippen molar-refractivity contribution in [1.82, 2.24) is 4.98 Å². The van der Waals surface area contributed by atoms with Crippen molar-refractivity contribution < 1.29 is 14.6 Å². The van der Waals surface area contributed by atoms with E-state index in [2.05, 4.69) is 24.1 Å². The molecule has 0 radical (unpaired) electrons. The molecule has 1 unspecified atom stereocenters. The molecule has 1 aliphatic heterocycles. The second-order valence-corrected chi connectivity index (χ2v) is 5.59. The zero-order valence-electron chi connectivity index (χ0n) is 12.3. The summed E-state index contributed by atoms with van der Waals surface area (Å²) >= 11 is 0. The standard InChI is InChI=1S/C16H20N2O3/c1-10(2)13(4-6-19)18-16-12-8-15-14(20-9-21-15)7-11(12)3-5-17-16/h3,5,7-8,10,13,19H,4,6,9H2,1-2H3,(H,17,18). The normalized spacial score (nSPS) is 14.7. The Balaban J connectivity index is 1.98. The number of pyridine rings is 1. The number of aliphatic hydroxyl groups is 1. The van der Waals surface area contributed by atoms with Crippen LogP contribution in [0.15, 0.2) is 24.4 Å². The average Bonchev–Trinajstić information content (AvgIpc) is 2.92. The van der Waals surface area contributed by atoms with Crippen LogP contribution in [0, 0.1) is 5.92 Å². The number of nitrogens with one attached hydrogen (secondary N) is 1. The fraction of sp³-hybridized carbons (Fsp3) is 0.438. The molecule has 112 valence electrons. The molecule has 0 aliphatic carbocycles. The minimum atomic E-state index is 0.160. The van der Waals surface area contributed by atoms with Crippen molar-refractivity contribution in [1.29, 1.82) is 0 Å². The van der Waals surface area contributed by atoms with Crippen LogP contribution >= 0.6 is 0 Å². The van der Waals surface area contributed by atoms with E-state index in [1.165, 1.54) is 0 Å². The van der Waals surface area contributed by atoms with Gasteiger partial charge in [0.25, 0.3) is 0 Å². The van der Waals surface area contributed by atoms with Gasteiger partial charge in [0, 0.05) is 24.2 Å². The highest BCUT2D eigenvalue weighted by Gasteiger charge is 2.18. The zero-order chi connectivity index (χ0) is 14.8. The molecule has 0 bridgehead atoms. The molecule has 2 aromatic rings. The second kappa shape index (κ2) is 5.77. The predicted molar refractivity (Wildman–Crippen MR) is 81.8 cm³/mol. The molecule has 5 heteroatoms. The summed E-state index contributed by atoms with van der Waals surface area (Å²) in [5.74, 6) is 2.75. The number of nitrogens with zero attached hydrogens (tertiary/aromatic N) is 1. The number of aromatic nitrogens is 1. The summed E-state index contributed by atoms with van der Waals surface area (Å²) in [5.41, 5.74) is 0. The molecule has 0 fully saturated rings. The van der Waals surface area contributed by atoms with Crippen LogP contribution < -0.4 is 14.8 Å². The first-order valence-corrected chi connectivity index (χ1v) is 7.25. The van der Waals surface area contributed by atoms with Crippen LogP contribution in [0.4, 0.5) is 5.82 Å². The minimum Gasteiger partial charge on any atom is -0.454 e. The van der Waals surface area contributed by atoms with Crippen LogP contribution in [0.3, 0.4) is 0 Å². The quantitative estimate of drug-likeness (QED) is 0.885. The molecule has 1 atom stereocenters. The van der Waals surface area contributed by atoms with Crippen LogP contribution in [0.2, 0.25) is 0 Å². The zero-order valence-corrected chi connectivity index (χ0v) is 12.3. The minimum absolute atomic E-state index is 0.160. The second-order valence-electron chi connectivity index (χ2n) is 5.59. The van der Waals surface area contributed by atoms with Gasteiger partial charge >= 0.3 is 0 Å². The summed E-state index contributed by atoms with van der Waals surface area (Å²) in [6.07, 6.45) is 2.48. The maximum absolute atomic E-state index is 9.21. The average molecular weight is 288 g/mol. The molecule has 2 heterocycles. The summed E-state index contributed by atoms with van der Waals surface area (Å²) in [4.78, 5) is 4.45. The summed E-state index contributed by atoms with van der Waals surface area (Å²) in [7, 11) is 0. The van der Waals surface area contributed by atoms with E-state index in [-0.39, 0.29) is 19.4 Å². The first-order chi connectivity index (χ1) is 10.2. The monoisotopic (exact) mass is 288 g/mol. The Morgan fingerprint density at radius 3 is 2.76 bits per heavy atom. The molecule has 2 N–H and O–H groups in total. The Hall–Kier alpha value is -2.01. The van der Waals surface area contributed by atoms with Gasteiger partial charge in [0.2, 0.25) is 6.79 Å². The SMILES string of the molecule is CC(C)C(CCO)Nc1nccc2cc3c(cc12)OCO3.